The molecule has 0 spiro atoms. The molecule has 0 saturated carbocycles. The van der Waals surface area contributed by atoms with Gasteiger partial charge in [0, 0.05) is 16.3 Å². The second-order valence-corrected chi connectivity index (χ2v) is 4.30. The molecule has 88 valence electrons. The van der Waals surface area contributed by atoms with E-state index in [9.17, 15) is 0 Å². The molecular weight excluding hydrogens is 236 g/mol. The molecule has 2 aromatic rings. The summed E-state index contributed by atoms with van der Waals surface area (Å²) >= 11 is 5.92. The van der Waals surface area contributed by atoms with Crippen LogP contribution in [0, 0.1) is 19.3 Å². The van der Waals surface area contributed by atoms with Crippen molar-refractivity contribution >= 4 is 17.4 Å². The third-order valence-electron chi connectivity index (χ3n) is 2.76. The molecule has 1 aromatic carbocycles. The Labute approximate surface area is 105 Å². The number of imidazole rings is 1. The quantitative estimate of drug-likeness (QED) is 0.633. The lowest BCUT2D eigenvalue weighted by molar-refractivity contribution is 0.996. The van der Waals surface area contributed by atoms with Crippen LogP contribution in [0.1, 0.15) is 17.0 Å². The Morgan fingerprint density at radius 2 is 2.12 bits per heavy atom. The van der Waals surface area contributed by atoms with Gasteiger partial charge in [0.1, 0.15) is 5.84 Å². The van der Waals surface area contributed by atoms with Crippen LogP contribution in [0.4, 0.5) is 0 Å². The normalized spacial score (nSPS) is 10.5. The molecule has 5 heteroatoms. The lowest BCUT2D eigenvalue weighted by Crippen LogP contribution is -2.15. The highest BCUT2D eigenvalue weighted by molar-refractivity contribution is 6.31. The first-order valence-corrected chi connectivity index (χ1v) is 5.53. The van der Waals surface area contributed by atoms with E-state index < -0.39 is 0 Å². The highest BCUT2D eigenvalue weighted by Crippen LogP contribution is 2.21. The minimum atomic E-state index is -0.00625. The minimum Gasteiger partial charge on any atom is -0.384 e. The van der Waals surface area contributed by atoms with Gasteiger partial charge in [-0.15, -0.1) is 0 Å². The van der Waals surface area contributed by atoms with E-state index in [0.717, 1.165) is 17.1 Å². The fourth-order valence-electron chi connectivity index (χ4n) is 1.68. The Kier molecular flexibility index (Phi) is 2.90. The predicted octanol–water partition coefficient (Wildman–Crippen LogP) is 2.43. The zero-order valence-corrected chi connectivity index (χ0v) is 10.4. The number of aryl methyl sites for hydroxylation is 1. The van der Waals surface area contributed by atoms with Gasteiger partial charge in [0.25, 0.3) is 0 Å². The third kappa shape index (κ3) is 2.03. The molecule has 0 bridgehead atoms. The monoisotopic (exact) mass is 248 g/mol. The lowest BCUT2D eigenvalue weighted by atomic mass is 10.1. The van der Waals surface area contributed by atoms with E-state index in [2.05, 4.69) is 4.98 Å². The molecule has 0 aliphatic heterocycles. The van der Waals surface area contributed by atoms with Crippen LogP contribution in [0.25, 0.3) is 5.69 Å². The molecule has 0 unspecified atom stereocenters. The number of halogens is 1. The summed E-state index contributed by atoms with van der Waals surface area (Å²) in [6.45, 7) is 3.91. The molecule has 0 fully saturated rings. The predicted molar refractivity (Wildman–Crippen MR) is 69.1 cm³/mol. The van der Waals surface area contributed by atoms with Gasteiger partial charge >= 0.3 is 0 Å². The van der Waals surface area contributed by atoms with E-state index in [1.165, 1.54) is 0 Å². The molecule has 1 heterocycles. The van der Waals surface area contributed by atoms with Crippen molar-refractivity contribution < 1.29 is 0 Å². The largest absolute Gasteiger partial charge is 0.384 e. The van der Waals surface area contributed by atoms with Gasteiger partial charge in [-0.25, -0.2) is 4.98 Å². The maximum Gasteiger partial charge on any atom is 0.124 e. The van der Waals surface area contributed by atoms with E-state index in [1.807, 2.05) is 24.5 Å². The van der Waals surface area contributed by atoms with Crippen LogP contribution >= 0.6 is 11.6 Å². The molecule has 3 N–H and O–H groups in total. The Bertz CT molecular complexity index is 586. The summed E-state index contributed by atoms with van der Waals surface area (Å²) in [6, 6.07) is 5.30. The Balaban J connectivity index is 2.67. The highest BCUT2D eigenvalue weighted by Gasteiger charge is 2.11. The van der Waals surface area contributed by atoms with E-state index in [4.69, 9.17) is 22.7 Å². The first-order valence-electron chi connectivity index (χ1n) is 5.15. The van der Waals surface area contributed by atoms with Crippen molar-refractivity contribution in [1.82, 2.24) is 9.55 Å². The van der Waals surface area contributed by atoms with Gasteiger partial charge in [0.15, 0.2) is 0 Å². The summed E-state index contributed by atoms with van der Waals surface area (Å²) in [4.78, 5) is 4.23. The summed E-state index contributed by atoms with van der Waals surface area (Å²) < 4.78 is 1.91. The Hall–Kier alpha value is -1.81. The second-order valence-electron chi connectivity index (χ2n) is 3.86. The summed E-state index contributed by atoms with van der Waals surface area (Å²) in [5.74, 6) is -0.00625. The Morgan fingerprint density at radius 1 is 1.41 bits per heavy atom. The number of nitrogen functional groups attached to an aromatic ring is 1. The average molecular weight is 249 g/mol. The third-order valence-corrected chi connectivity index (χ3v) is 3.00. The number of nitrogens with two attached hydrogens (primary N) is 1. The van der Waals surface area contributed by atoms with Gasteiger partial charge < -0.3 is 10.3 Å². The number of nitrogens with one attached hydrogen (secondary N) is 1. The second kappa shape index (κ2) is 4.22. The van der Waals surface area contributed by atoms with Crippen molar-refractivity contribution in [3.8, 4) is 5.69 Å². The van der Waals surface area contributed by atoms with Crippen LogP contribution in [0.5, 0.6) is 0 Å². The molecule has 0 atom stereocenters. The number of benzene rings is 1. The van der Waals surface area contributed by atoms with Crippen LogP contribution < -0.4 is 5.73 Å². The summed E-state index contributed by atoms with van der Waals surface area (Å²) in [5.41, 5.74) is 8.97. The fourth-order valence-corrected chi connectivity index (χ4v) is 1.85. The molecule has 4 nitrogen and oxygen atoms in total. The first-order chi connectivity index (χ1) is 8.00. The summed E-state index contributed by atoms with van der Waals surface area (Å²) in [5, 5.41) is 8.15. The van der Waals surface area contributed by atoms with Crippen molar-refractivity contribution in [3.63, 3.8) is 0 Å². The van der Waals surface area contributed by atoms with Crippen molar-refractivity contribution in [2.75, 3.05) is 0 Å². The van der Waals surface area contributed by atoms with Gasteiger partial charge in [0.05, 0.1) is 17.7 Å². The highest BCUT2D eigenvalue weighted by atomic mass is 35.5. The van der Waals surface area contributed by atoms with E-state index in [0.29, 0.717) is 10.6 Å². The van der Waals surface area contributed by atoms with Crippen molar-refractivity contribution in [2.24, 2.45) is 5.73 Å². The SMILES string of the molecule is Cc1ncn(-c2ccc(Cl)cc2C(=N)N)c1C. The molecule has 17 heavy (non-hydrogen) atoms. The van der Waals surface area contributed by atoms with Gasteiger partial charge in [0.2, 0.25) is 0 Å². The topological polar surface area (TPSA) is 67.7 Å². The van der Waals surface area contributed by atoms with Crippen molar-refractivity contribution in [1.29, 1.82) is 5.41 Å². The lowest BCUT2D eigenvalue weighted by Gasteiger charge is -2.11. The smallest absolute Gasteiger partial charge is 0.124 e. The molecule has 0 aliphatic rings. The summed E-state index contributed by atoms with van der Waals surface area (Å²) in [7, 11) is 0. The van der Waals surface area contributed by atoms with Crippen LogP contribution in [0.15, 0.2) is 24.5 Å². The van der Waals surface area contributed by atoms with Crippen molar-refractivity contribution in [2.45, 2.75) is 13.8 Å². The summed E-state index contributed by atoms with van der Waals surface area (Å²) in [6.07, 6.45) is 1.72. The van der Waals surface area contributed by atoms with Crippen LogP contribution in [0.2, 0.25) is 5.02 Å². The maximum absolute atomic E-state index is 7.58. The zero-order valence-electron chi connectivity index (χ0n) is 9.66. The number of nitrogens with zero attached hydrogens (tertiary/aromatic N) is 2. The Morgan fingerprint density at radius 3 is 2.65 bits per heavy atom. The zero-order chi connectivity index (χ0) is 12.6. The van der Waals surface area contributed by atoms with Crippen LogP contribution in [-0.4, -0.2) is 15.4 Å². The van der Waals surface area contributed by atoms with Crippen molar-refractivity contribution in [3.05, 3.63) is 46.5 Å². The van der Waals surface area contributed by atoms with E-state index in [-0.39, 0.29) is 5.84 Å². The molecule has 0 amide bonds. The standard InChI is InChI=1S/C12H13ClN4/c1-7-8(2)17(6-16-7)11-4-3-9(13)5-10(11)12(14)15/h3-6H,1-2H3,(H3,14,15). The van der Waals surface area contributed by atoms with Gasteiger partial charge in [-0.3, -0.25) is 5.41 Å². The molecule has 0 saturated heterocycles. The van der Waals surface area contributed by atoms with Crippen LogP contribution in [-0.2, 0) is 0 Å². The molecule has 0 radical (unpaired) electrons. The number of rotatable bonds is 2. The average Bonchev–Trinajstić information content (AvgIpc) is 2.60. The van der Waals surface area contributed by atoms with Crippen LogP contribution in [0.3, 0.4) is 0 Å². The molecule has 2 rings (SSSR count). The maximum atomic E-state index is 7.58. The van der Waals surface area contributed by atoms with E-state index >= 15 is 0 Å². The van der Waals surface area contributed by atoms with E-state index in [1.54, 1.807) is 18.5 Å². The molecule has 1 aromatic heterocycles. The number of aromatic nitrogens is 2. The number of hydrogen-bond acceptors (Lipinski definition) is 2. The molecule has 0 aliphatic carbocycles. The van der Waals surface area contributed by atoms with Gasteiger partial charge in [-0.2, -0.15) is 0 Å². The molecular formula is C12H13ClN4. The minimum absolute atomic E-state index is 0.00625. The number of amidine groups is 1. The number of hydrogen-bond donors (Lipinski definition) is 2. The van der Waals surface area contributed by atoms with Gasteiger partial charge in [-0.05, 0) is 32.0 Å². The van der Waals surface area contributed by atoms with Gasteiger partial charge in [-0.1, -0.05) is 11.6 Å². The fraction of sp³-hybridized carbons (Fsp3) is 0.167. The first kappa shape index (κ1) is 11.7.